The Balaban J connectivity index is 1.10. The third-order valence-corrected chi connectivity index (χ3v) is 11.5. The lowest BCUT2D eigenvalue weighted by Crippen LogP contribution is -2.02. The van der Waals surface area contributed by atoms with E-state index in [0.717, 1.165) is 99.7 Å². The lowest BCUT2D eigenvalue weighted by Gasteiger charge is -2.13. The molecule has 60 heavy (non-hydrogen) atoms. The number of para-hydroxylation sites is 3. The number of fused-ring (bicyclic) bond motifs is 7. The zero-order chi connectivity index (χ0) is 39.6. The van der Waals surface area contributed by atoms with Gasteiger partial charge in [-0.2, -0.15) is 0 Å². The second-order valence-corrected chi connectivity index (χ2v) is 15.1. The molecule has 12 aromatic rings. The summed E-state index contributed by atoms with van der Waals surface area (Å²) in [4.78, 5) is 20.9. The molecule has 0 aliphatic heterocycles. The second kappa shape index (κ2) is 13.7. The van der Waals surface area contributed by atoms with Gasteiger partial charge in [-0.15, -0.1) is 0 Å². The quantitative estimate of drug-likeness (QED) is 0.169. The summed E-state index contributed by atoms with van der Waals surface area (Å²) in [5.41, 5.74) is 12.2. The second-order valence-electron chi connectivity index (χ2n) is 15.1. The molecule has 6 nitrogen and oxygen atoms in total. The van der Waals surface area contributed by atoms with Crippen molar-refractivity contribution in [3.8, 4) is 56.7 Å². The monoisotopic (exact) mass is 766 g/mol. The van der Waals surface area contributed by atoms with Gasteiger partial charge in [-0.05, 0) is 65.7 Å². The van der Waals surface area contributed by atoms with Crippen LogP contribution in [0.15, 0.2) is 206 Å². The molecule has 12 rings (SSSR count). The molecule has 0 saturated heterocycles. The fourth-order valence-corrected chi connectivity index (χ4v) is 8.77. The van der Waals surface area contributed by atoms with Gasteiger partial charge in [-0.1, -0.05) is 152 Å². The first-order valence-corrected chi connectivity index (χ1v) is 20.2. The predicted molar refractivity (Wildman–Crippen MR) is 246 cm³/mol. The molecular formula is C54H34N6. The number of hydrogen-bond acceptors (Lipinski definition) is 4. The fourth-order valence-electron chi connectivity index (χ4n) is 8.77. The van der Waals surface area contributed by atoms with Crippen molar-refractivity contribution in [2.45, 2.75) is 0 Å². The molecular weight excluding hydrogens is 733 g/mol. The van der Waals surface area contributed by atoms with Crippen LogP contribution in [0, 0.1) is 0 Å². The van der Waals surface area contributed by atoms with Crippen molar-refractivity contribution in [1.82, 2.24) is 29.1 Å². The van der Waals surface area contributed by atoms with Crippen molar-refractivity contribution in [2.24, 2.45) is 0 Å². The highest BCUT2D eigenvalue weighted by Gasteiger charge is 2.23. The van der Waals surface area contributed by atoms with E-state index in [-0.39, 0.29) is 0 Å². The topological polar surface area (TPSA) is 61.4 Å². The van der Waals surface area contributed by atoms with Gasteiger partial charge in [0.25, 0.3) is 0 Å². The van der Waals surface area contributed by atoms with E-state index in [0.29, 0.717) is 11.6 Å². The minimum Gasteiger partial charge on any atom is -0.294 e. The molecule has 0 amide bonds. The van der Waals surface area contributed by atoms with Gasteiger partial charge in [0.1, 0.15) is 11.5 Å². The highest BCUT2D eigenvalue weighted by atomic mass is 15.1. The Morgan fingerprint density at radius 1 is 0.317 bits per heavy atom. The number of aromatic nitrogens is 6. The molecule has 0 fully saturated rings. The number of benzene rings is 8. The molecule has 0 unspecified atom stereocenters. The first-order valence-electron chi connectivity index (χ1n) is 20.2. The Hall–Kier alpha value is -8.22. The Kier molecular flexibility index (Phi) is 7.74. The first kappa shape index (κ1) is 33.9. The maximum absolute atomic E-state index is 5.34. The van der Waals surface area contributed by atoms with Gasteiger partial charge in [0.2, 0.25) is 0 Å². The molecule has 4 heterocycles. The van der Waals surface area contributed by atoms with E-state index in [1.165, 1.54) is 0 Å². The number of nitrogens with zero attached hydrogens (tertiary/aromatic N) is 6. The highest BCUT2D eigenvalue weighted by Crippen LogP contribution is 2.41. The van der Waals surface area contributed by atoms with E-state index >= 15 is 0 Å². The van der Waals surface area contributed by atoms with Crippen molar-refractivity contribution in [3.63, 3.8) is 0 Å². The molecule has 0 N–H and O–H groups in total. The molecule has 0 aliphatic carbocycles. The van der Waals surface area contributed by atoms with Gasteiger partial charge in [-0.25, -0.2) is 19.9 Å². The Bertz CT molecular complexity index is 3580. The summed E-state index contributed by atoms with van der Waals surface area (Å²) in [7, 11) is 0. The van der Waals surface area contributed by atoms with Crippen LogP contribution in [-0.4, -0.2) is 29.1 Å². The summed E-state index contributed by atoms with van der Waals surface area (Å²) >= 11 is 0. The zero-order valence-corrected chi connectivity index (χ0v) is 32.3. The Morgan fingerprint density at radius 2 is 0.833 bits per heavy atom. The molecule has 0 spiro atoms. The van der Waals surface area contributed by atoms with Crippen molar-refractivity contribution < 1.29 is 0 Å². The molecule has 8 aromatic carbocycles. The summed E-state index contributed by atoms with van der Waals surface area (Å²) in [5, 5.41) is 5.42. The summed E-state index contributed by atoms with van der Waals surface area (Å²) in [6, 6.07) is 72.0. The molecule has 4 aromatic heterocycles. The van der Waals surface area contributed by atoms with Crippen molar-refractivity contribution in [2.75, 3.05) is 0 Å². The SMILES string of the molecule is c1ccc(-c2nc(-n3c4ccccc4c4cc(-c5ccc6c(c5)c5c(-c7ccccc7)nc(-c7ccccc7)nc5n6-c5ccccc5)ccc43)c3ccccc3n2)cc1. The molecule has 0 saturated carbocycles. The maximum Gasteiger partial charge on any atom is 0.162 e. The average Bonchev–Trinajstić information content (AvgIpc) is 3.84. The zero-order valence-electron chi connectivity index (χ0n) is 32.3. The van der Waals surface area contributed by atoms with E-state index in [2.05, 4.69) is 167 Å². The standard InChI is InChI=1S/C54H34N6/c1-5-17-35(18-6-1)50-49-44-34-39(30-32-48(44)59(40-23-11-4-12-24-40)54(49)58-52(56-50)37-21-9-3-10-22-37)38-29-31-47-43(33-38)41-25-14-16-28-46(41)60(47)53-42-26-13-15-27-45(42)55-51(57-53)36-19-7-2-8-20-36/h1-34H. The molecule has 0 radical (unpaired) electrons. The third-order valence-electron chi connectivity index (χ3n) is 11.5. The molecule has 0 atom stereocenters. The van der Waals surface area contributed by atoms with Crippen LogP contribution < -0.4 is 0 Å². The predicted octanol–water partition coefficient (Wildman–Crippen LogP) is 13.3. The minimum atomic E-state index is 0.691. The van der Waals surface area contributed by atoms with E-state index in [4.69, 9.17) is 19.9 Å². The van der Waals surface area contributed by atoms with Gasteiger partial charge in [0.15, 0.2) is 11.6 Å². The number of rotatable bonds is 6. The summed E-state index contributed by atoms with van der Waals surface area (Å²) in [5.74, 6) is 2.25. The van der Waals surface area contributed by atoms with Gasteiger partial charge in [0, 0.05) is 43.9 Å². The lowest BCUT2D eigenvalue weighted by molar-refractivity contribution is 1.08. The highest BCUT2D eigenvalue weighted by molar-refractivity contribution is 6.16. The third kappa shape index (κ3) is 5.42. The van der Waals surface area contributed by atoms with Crippen LogP contribution in [0.25, 0.3) is 111 Å². The van der Waals surface area contributed by atoms with E-state index < -0.39 is 0 Å². The van der Waals surface area contributed by atoms with Crippen molar-refractivity contribution >= 4 is 54.6 Å². The van der Waals surface area contributed by atoms with Crippen LogP contribution in [-0.2, 0) is 0 Å². The molecule has 0 bridgehead atoms. The Morgan fingerprint density at radius 3 is 1.52 bits per heavy atom. The molecule has 6 heteroatoms. The van der Waals surface area contributed by atoms with Crippen LogP contribution in [0.2, 0.25) is 0 Å². The summed E-state index contributed by atoms with van der Waals surface area (Å²) < 4.78 is 4.58. The van der Waals surface area contributed by atoms with Gasteiger partial charge >= 0.3 is 0 Å². The molecule has 280 valence electrons. The van der Waals surface area contributed by atoms with E-state index in [9.17, 15) is 0 Å². The lowest BCUT2D eigenvalue weighted by atomic mass is 9.99. The van der Waals surface area contributed by atoms with Crippen molar-refractivity contribution in [1.29, 1.82) is 0 Å². The van der Waals surface area contributed by atoms with E-state index in [1.54, 1.807) is 0 Å². The van der Waals surface area contributed by atoms with Crippen molar-refractivity contribution in [3.05, 3.63) is 206 Å². The average molecular weight is 767 g/mol. The summed E-state index contributed by atoms with van der Waals surface area (Å²) in [6.45, 7) is 0. The molecule has 0 aliphatic rings. The largest absolute Gasteiger partial charge is 0.294 e. The minimum absolute atomic E-state index is 0.691. The van der Waals surface area contributed by atoms with Crippen LogP contribution in [0.5, 0.6) is 0 Å². The first-order chi connectivity index (χ1) is 29.8. The van der Waals surface area contributed by atoms with Crippen LogP contribution >= 0.6 is 0 Å². The van der Waals surface area contributed by atoms with Crippen LogP contribution in [0.3, 0.4) is 0 Å². The maximum atomic E-state index is 5.34. The van der Waals surface area contributed by atoms with Gasteiger partial charge in [0.05, 0.1) is 33.1 Å². The van der Waals surface area contributed by atoms with Crippen LogP contribution in [0.4, 0.5) is 0 Å². The smallest absolute Gasteiger partial charge is 0.162 e. The van der Waals surface area contributed by atoms with E-state index in [1.807, 2.05) is 48.5 Å². The van der Waals surface area contributed by atoms with Gasteiger partial charge < -0.3 is 0 Å². The fraction of sp³-hybridized carbons (Fsp3) is 0. The summed E-state index contributed by atoms with van der Waals surface area (Å²) in [6.07, 6.45) is 0. The normalized spacial score (nSPS) is 11.7. The Labute approximate surface area is 345 Å². The number of hydrogen-bond donors (Lipinski definition) is 0. The van der Waals surface area contributed by atoms with Gasteiger partial charge in [-0.3, -0.25) is 9.13 Å². The van der Waals surface area contributed by atoms with Crippen LogP contribution in [0.1, 0.15) is 0 Å².